The third kappa shape index (κ3) is 2.86. The molecular formula is C15H20ClNO2. The zero-order valence-corrected chi connectivity index (χ0v) is 12.3. The predicted octanol–water partition coefficient (Wildman–Crippen LogP) is 3.59. The Bertz CT molecular complexity index is 487. The van der Waals surface area contributed by atoms with Gasteiger partial charge in [-0.3, -0.25) is 4.79 Å². The maximum absolute atomic E-state index is 11.1. The van der Waals surface area contributed by atoms with E-state index in [-0.39, 0.29) is 12.0 Å². The number of nitrogens with zero attached hydrogens (tertiary/aromatic N) is 1. The predicted molar refractivity (Wildman–Crippen MR) is 78.0 cm³/mol. The molecule has 104 valence electrons. The number of carbonyl (C=O) groups is 1. The van der Waals surface area contributed by atoms with Crippen molar-refractivity contribution < 1.29 is 9.90 Å². The molecule has 1 aliphatic heterocycles. The Balaban J connectivity index is 2.25. The quantitative estimate of drug-likeness (QED) is 0.917. The van der Waals surface area contributed by atoms with Crippen molar-refractivity contribution in [2.24, 2.45) is 5.92 Å². The van der Waals surface area contributed by atoms with Gasteiger partial charge in [-0.1, -0.05) is 18.5 Å². The third-order valence-corrected chi connectivity index (χ3v) is 4.01. The molecule has 1 aliphatic rings. The van der Waals surface area contributed by atoms with Crippen molar-refractivity contribution in [2.45, 2.75) is 45.7 Å². The van der Waals surface area contributed by atoms with E-state index in [1.165, 1.54) is 11.3 Å². The van der Waals surface area contributed by atoms with E-state index >= 15 is 0 Å². The van der Waals surface area contributed by atoms with Crippen molar-refractivity contribution >= 4 is 23.3 Å². The molecule has 1 heterocycles. The lowest BCUT2D eigenvalue weighted by atomic mass is 9.98. The fourth-order valence-electron chi connectivity index (χ4n) is 2.92. The highest BCUT2D eigenvalue weighted by Gasteiger charge is 2.33. The van der Waals surface area contributed by atoms with E-state index < -0.39 is 5.97 Å². The van der Waals surface area contributed by atoms with Crippen LogP contribution in [0.2, 0.25) is 5.02 Å². The lowest BCUT2D eigenvalue weighted by Crippen LogP contribution is -2.39. The van der Waals surface area contributed by atoms with Gasteiger partial charge in [0.25, 0.3) is 0 Å². The summed E-state index contributed by atoms with van der Waals surface area (Å²) >= 11 is 6.04. The van der Waals surface area contributed by atoms with Gasteiger partial charge in [-0.15, -0.1) is 0 Å². The largest absolute Gasteiger partial charge is 0.481 e. The molecule has 0 aromatic heterocycles. The first-order valence-corrected chi connectivity index (χ1v) is 7.07. The van der Waals surface area contributed by atoms with Crippen molar-refractivity contribution in [2.75, 3.05) is 4.90 Å². The molecule has 0 bridgehead atoms. The van der Waals surface area contributed by atoms with E-state index in [1.54, 1.807) is 6.92 Å². The number of benzene rings is 1. The van der Waals surface area contributed by atoms with Crippen LogP contribution in [0.4, 0.5) is 5.69 Å². The fraction of sp³-hybridized carbons (Fsp3) is 0.533. The summed E-state index contributed by atoms with van der Waals surface area (Å²) < 4.78 is 0. The fourth-order valence-corrected chi connectivity index (χ4v) is 3.12. The van der Waals surface area contributed by atoms with Crippen LogP contribution >= 0.6 is 11.6 Å². The van der Waals surface area contributed by atoms with Crippen LogP contribution < -0.4 is 4.90 Å². The third-order valence-electron chi connectivity index (χ3n) is 3.77. The van der Waals surface area contributed by atoms with Gasteiger partial charge in [-0.2, -0.15) is 0 Å². The molecule has 0 saturated heterocycles. The Morgan fingerprint density at radius 1 is 1.47 bits per heavy atom. The number of fused-ring (bicyclic) bond motifs is 1. The Labute approximate surface area is 119 Å². The van der Waals surface area contributed by atoms with E-state index in [0.717, 1.165) is 11.4 Å². The summed E-state index contributed by atoms with van der Waals surface area (Å²) in [5, 5.41) is 9.83. The van der Waals surface area contributed by atoms with Crippen LogP contribution in [0.15, 0.2) is 18.2 Å². The van der Waals surface area contributed by atoms with Crippen LogP contribution in [-0.2, 0) is 11.2 Å². The van der Waals surface area contributed by atoms with Gasteiger partial charge >= 0.3 is 5.97 Å². The minimum atomic E-state index is -0.724. The van der Waals surface area contributed by atoms with Crippen LogP contribution in [-0.4, -0.2) is 23.2 Å². The molecule has 0 radical (unpaired) electrons. The monoisotopic (exact) mass is 281 g/mol. The van der Waals surface area contributed by atoms with Crippen LogP contribution in [0.3, 0.4) is 0 Å². The topological polar surface area (TPSA) is 40.5 Å². The van der Waals surface area contributed by atoms with Gasteiger partial charge in [-0.05, 0) is 50.5 Å². The van der Waals surface area contributed by atoms with Crippen LogP contribution in [0.25, 0.3) is 0 Å². The van der Waals surface area contributed by atoms with E-state index in [1.807, 2.05) is 18.2 Å². The molecule has 19 heavy (non-hydrogen) atoms. The summed E-state index contributed by atoms with van der Waals surface area (Å²) in [5.41, 5.74) is 2.42. The van der Waals surface area contributed by atoms with Gasteiger partial charge < -0.3 is 10.0 Å². The molecule has 1 aromatic carbocycles. The number of carboxylic acids is 1. The number of rotatable bonds is 4. The van der Waals surface area contributed by atoms with Crippen molar-refractivity contribution in [1.29, 1.82) is 0 Å². The zero-order valence-electron chi connectivity index (χ0n) is 11.6. The average molecular weight is 282 g/mol. The zero-order chi connectivity index (χ0) is 14.2. The van der Waals surface area contributed by atoms with Gasteiger partial charge in [0, 0.05) is 22.8 Å². The molecular weight excluding hydrogens is 262 g/mol. The highest BCUT2D eigenvalue weighted by molar-refractivity contribution is 6.30. The first-order chi connectivity index (χ1) is 8.90. The number of halogens is 1. The highest BCUT2D eigenvalue weighted by atomic mass is 35.5. The van der Waals surface area contributed by atoms with Crippen LogP contribution in [0.1, 0.15) is 32.8 Å². The molecule has 2 rings (SSSR count). The summed E-state index contributed by atoms with van der Waals surface area (Å²) in [4.78, 5) is 13.4. The average Bonchev–Trinajstić information content (AvgIpc) is 2.65. The normalized spacial score (nSPS) is 19.6. The summed E-state index contributed by atoms with van der Waals surface area (Å²) in [7, 11) is 0. The van der Waals surface area contributed by atoms with Gasteiger partial charge in [0.15, 0.2) is 0 Å². The SMILES string of the molecule is CC(CC1Cc2cc(Cl)ccc2N1C(C)C)C(=O)O. The molecule has 0 fully saturated rings. The second kappa shape index (κ2) is 5.41. The van der Waals surface area contributed by atoms with Crippen molar-refractivity contribution in [3.8, 4) is 0 Å². The molecule has 1 aromatic rings. The second-order valence-electron chi connectivity index (χ2n) is 5.61. The number of hydrogen-bond acceptors (Lipinski definition) is 2. The number of anilines is 1. The molecule has 2 unspecified atom stereocenters. The minimum absolute atomic E-state index is 0.250. The van der Waals surface area contributed by atoms with E-state index in [2.05, 4.69) is 18.7 Å². The first-order valence-electron chi connectivity index (χ1n) is 6.69. The summed E-state index contributed by atoms with van der Waals surface area (Å²) in [6, 6.07) is 6.55. The molecule has 2 atom stereocenters. The summed E-state index contributed by atoms with van der Waals surface area (Å²) in [5.74, 6) is -1.05. The molecule has 0 amide bonds. The summed E-state index contributed by atoms with van der Waals surface area (Å²) in [6.07, 6.45) is 1.55. The van der Waals surface area contributed by atoms with Gasteiger partial charge in [-0.25, -0.2) is 0 Å². The smallest absolute Gasteiger partial charge is 0.306 e. The number of carboxylic acid groups (broad SMARTS) is 1. The van der Waals surface area contributed by atoms with E-state index in [9.17, 15) is 4.79 Å². The molecule has 0 aliphatic carbocycles. The minimum Gasteiger partial charge on any atom is -0.481 e. The number of aliphatic carboxylic acids is 1. The first kappa shape index (κ1) is 14.2. The molecule has 3 nitrogen and oxygen atoms in total. The lowest BCUT2D eigenvalue weighted by Gasteiger charge is -2.32. The lowest BCUT2D eigenvalue weighted by molar-refractivity contribution is -0.141. The van der Waals surface area contributed by atoms with Gasteiger partial charge in [0.05, 0.1) is 5.92 Å². The molecule has 1 N–H and O–H groups in total. The molecule has 0 spiro atoms. The standard InChI is InChI=1S/C15H20ClNO2/c1-9(2)17-13(6-10(3)15(18)19)8-11-7-12(16)4-5-14(11)17/h4-5,7,9-10,13H,6,8H2,1-3H3,(H,18,19). The highest BCUT2D eigenvalue weighted by Crippen LogP contribution is 2.37. The van der Waals surface area contributed by atoms with Gasteiger partial charge in [0.1, 0.15) is 0 Å². The maximum Gasteiger partial charge on any atom is 0.306 e. The second-order valence-corrected chi connectivity index (χ2v) is 6.04. The van der Waals surface area contributed by atoms with E-state index in [4.69, 9.17) is 16.7 Å². The van der Waals surface area contributed by atoms with E-state index in [0.29, 0.717) is 12.5 Å². The maximum atomic E-state index is 11.1. The Morgan fingerprint density at radius 2 is 2.16 bits per heavy atom. The Hall–Kier alpha value is -1.22. The Morgan fingerprint density at radius 3 is 2.74 bits per heavy atom. The molecule has 4 heteroatoms. The Kier molecular flexibility index (Phi) is 4.04. The van der Waals surface area contributed by atoms with Gasteiger partial charge in [0.2, 0.25) is 0 Å². The summed E-state index contributed by atoms with van der Waals surface area (Å²) in [6.45, 7) is 6.06. The number of hydrogen-bond donors (Lipinski definition) is 1. The van der Waals surface area contributed by atoms with Crippen LogP contribution in [0.5, 0.6) is 0 Å². The van der Waals surface area contributed by atoms with Crippen LogP contribution in [0, 0.1) is 5.92 Å². The molecule has 0 saturated carbocycles. The van der Waals surface area contributed by atoms with Crippen molar-refractivity contribution in [1.82, 2.24) is 0 Å². The van der Waals surface area contributed by atoms with Crippen molar-refractivity contribution in [3.05, 3.63) is 28.8 Å². The van der Waals surface area contributed by atoms with Crippen molar-refractivity contribution in [3.63, 3.8) is 0 Å².